The van der Waals surface area contributed by atoms with Crippen molar-refractivity contribution in [2.24, 2.45) is 0 Å². The molecule has 3 nitrogen and oxygen atoms in total. The van der Waals surface area contributed by atoms with Crippen molar-refractivity contribution >= 4 is 11.7 Å². The van der Waals surface area contributed by atoms with Crippen molar-refractivity contribution in [2.75, 3.05) is 18.4 Å². The molecular weight excluding hydrogens is 255 g/mol. The van der Waals surface area contributed by atoms with Gasteiger partial charge >= 0.3 is 6.03 Å². The molecule has 1 N–H and O–H groups in total. The van der Waals surface area contributed by atoms with Gasteiger partial charge in [0.15, 0.2) is 0 Å². The molecule has 0 bridgehead atoms. The van der Waals surface area contributed by atoms with Crippen LogP contribution in [0.4, 0.5) is 14.9 Å². The number of nitrogens with one attached hydrogen (secondary N) is 1. The number of rotatable bonds is 2. The standard InChI is InChI=1S/C16H23FN2O/c1-11(2)13-9-12(3)15(10-14(13)17)18-16(20)19-7-5-4-6-8-19/h9-11H,4-8H2,1-3H3,(H,18,20). The largest absolute Gasteiger partial charge is 0.325 e. The van der Waals surface area contributed by atoms with Gasteiger partial charge in [0.25, 0.3) is 0 Å². The SMILES string of the molecule is Cc1cc(C(C)C)c(F)cc1NC(=O)N1CCCCC1. The van der Waals surface area contributed by atoms with Crippen molar-refractivity contribution in [3.8, 4) is 0 Å². The van der Waals surface area contributed by atoms with Crippen LogP contribution in [0, 0.1) is 12.7 Å². The molecule has 0 unspecified atom stereocenters. The lowest BCUT2D eigenvalue weighted by Gasteiger charge is -2.27. The van der Waals surface area contributed by atoms with E-state index in [0.717, 1.165) is 31.5 Å². The maximum absolute atomic E-state index is 14.0. The fourth-order valence-electron chi connectivity index (χ4n) is 2.57. The number of hydrogen-bond donors (Lipinski definition) is 1. The third-order valence-corrected chi connectivity index (χ3v) is 3.85. The Hall–Kier alpha value is -1.58. The first-order chi connectivity index (χ1) is 9.49. The summed E-state index contributed by atoms with van der Waals surface area (Å²) in [6, 6.07) is 3.14. The van der Waals surface area contributed by atoms with Gasteiger partial charge in [0.2, 0.25) is 0 Å². The first-order valence-corrected chi connectivity index (χ1v) is 7.35. The van der Waals surface area contributed by atoms with E-state index in [-0.39, 0.29) is 17.8 Å². The van der Waals surface area contributed by atoms with Crippen molar-refractivity contribution in [1.82, 2.24) is 4.90 Å². The van der Waals surface area contributed by atoms with Gasteiger partial charge in [-0.05, 0) is 49.3 Å². The Balaban J connectivity index is 2.13. The molecule has 1 aliphatic heterocycles. The van der Waals surface area contributed by atoms with Crippen LogP contribution in [0.25, 0.3) is 0 Å². The molecule has 110 valence electrons. The molecule has 1 saturated heterocycles. The molecular formula is C16H23FN2O. The van der Waals surface area contributed by atoms with Crippen LogP contribution in [-0.4, -0.2) is 24.0 Å². The van der Waals surface area contributed by atoms with Gasteiger partial charge in [-0.2, -0.15) is 0 Å². The Kier molecular flexibility index (Phi) is 4.63. The minimum atomic E-state index is -0.250. The molecule has 1 aromatic rings. The van der Waals surface area contributed by atoms with Crippen LogP contribution in [0.3, 0.4) is 0 Å². The summed E-state index contributed by atoms with van der Waals surface area (Å²) in [5, 5.41) is 2.83. The monoisotopic (exact) mass is 278 g/mol. The van der Waals surface area contributed by atoms with E-state index in [9.17, 15) is 9.18 Å². The maximum Gasteiger partial charge on any atom is 0.321 e. The number of carbonyl (C=O) groups excluding carboxylic acids is 1. The summed E-state index contributed by atoms with van der Waals surface area (Å²) in [4.78, 5) is 13.9. The summed E-state index contributed by atoms with van der Waals surface area (Å²) in [5.74, 6) is -0.111. The normalized spacial score (nSPS) is 15.6. The van der Waals surface area contributed by atoms with E-state index < -0.39 is 0 Å². The summed E-state index contributed by atoms with van der Waals surface area (Å²) >= 11 is 0. The number of piperidine rings is 1. The third kappa shape index (κ3) is 3.30. The summed E-state index contributed by atoms with van der Waals surface area (Å²) in [6.45, 7) is 7.40. The smallest absolute Gasteiger partial charge is 0.321 e. The summed E-state index contributed by atoms with van der Waals surface area (Å²) in [7, 11) is 0. The molecule has 0 atom stereocenters. The first kappa shape index (κ1) is 14.8. The van der Waals surface area contributed by atoms with Crippen LogP contribution in [0.15, 0.2) is 12.1 Å². The van der Waals surface area contributed by atoms with Crippen LogP contribution >= 0.6 is 0 Å². The molecule has 20 heavy (non-hydrogen) atoms. The summed E-state index contributed by atoms with van der Waals surface area (Å²) in [6.07, 6.45) is 3.28. The number of amides is 2. The average Bonchev–Trinajstić information content (AvgIpc) is 2.43. The van der Waals surface area contributed by atoms with Crippen molar-refractivity contribution in [1.29, 1.82) is 0 Å². The highest BCUT2D eigenvalue weighted by Gasteiger charge is 2.18. The average molecular weight is 278 g/mol. The topological polar surface area (TPSA) is 32.3 Å². The molecule has 0 saturated carbocycles. The fraction of sp³-hybridized carbons (Fsp3) is 0.562. The number of benzene rings is 1. The molecule has 1 fully saturated rings. The molecule has 0 spiro atoms. The fourth-order valence-corrected chi connectivity index (χ4v) is 2.57. The second-order valence-corrected chi connectivity index (χ2v) is 5.82. The lowest BCUT2D eigenvalue weighted by atomic mass is 9.99. The number of hydrogen-bond acceptors (Lipinski definition) is 1. The molecule has 2 rings (SSSR count). The molecule has 1 heterocycles. The molecule has 0 radical (unpaired) electrons. The number of halogens is 1. The van der Waals surface area contributed by atoms with Gasteiger partial charge in [-0.3, -0.25) is 0 Å². The highest BCUT2D eigenvalue weighted by Crippen LogP contribution is 2.25. The lowest BCUT2D eigenvalue weighted by molar-refractivity contribution is 0.200. The number of urea groups is 1. The van der Waals surface area contributed by atoms with Crippen LogP contribution in [0.1, 0.15) is 50.2 Å². The zero-order valence-electron chi connectivity index (χ0n) is 12.5. The van der Waals surface area contributed by atoms with Gasteiger partial charge in [-0.15, -0.1) is 0 Å². The molecule has 0 aliphatic carbocycles. The summed E-state index contributed by atoms with van der Waals surface area (Å²) < 4.78 is 14.0. The molecule has 2 amide bonds. The van der Waals surface area contributed by atoms with Crippen molar-refractivity contribution < 1.29 is 9.18 Å². The van der Waals surface area contributed by atoms with Gasteiger partial charge in [-0.25, -0.2) is 9.18 Å². The third-order valence-electron chi connectivity index (χ3n) is 3.85. The number of anilines is 1. The Bertz CT molecular complexity index is 493. The van der Waals surface area contributed by atoms with E-state index in [4.69, 9.17) is 0 Å². The van der Waals surface area contributed by atoms with Gasteiger partial charge < -0.3 is 10.2 Å². The molecule has 1 aromatic carbocycles. The molecule has 1 aliphatic rings. The highest BCUT2D eigenvalue weighted by molar-refractivity contribution is 5.90. The predicted octanol–water partition coefficient (Wildman–Crippen LogP) is 4.28. The van der Waals surface area contributed by atoms with Crippen LogP contribution < -0.4 is 5.32 Å². The van der Waals surface area contributed by atoms with Gasteiger partial charge in [0.1, 0.15) is 5.82 Å². The Labute approximate surface area is 120 Å². The van der Waals surface area contributed by atoms with Crippen LogP contribution in [0.5, 0.6) is 0 Å². The predicted molar refractivity (Wildman–Crippen MR) is 79.7 cm³/mol. The van der Waals surface area contributed by atoms with E-state index >= 15 is 0 Å². The van der Waals surface area contributed by atoms with Crippen molar-refractivity contribution in [3.05, 3.63) is 29.1 Å². The van der Waals surface area contributed by atoms with Crippen molar-refractivity contribution in [3.63, 3.8) is 0 Å². The van der Waals surface area contributed by atoms with E-state index in [1.807, 2.05) is 26.8 Å². The first-order valence-electron chi connectivity index (χ1n) is 7.35. The highest BCUT2D eigenvalue weighted by atomic mass is 19.1. The Morgan fingerprint density at radius 3 is 2.50 bits per heavy atom. The molecule has 4 heteroatoms. The maximum atomic E-state index is 14.0. The van der Waals surface area contributed by atoms with Gasteiger partial charge in [-0.1, -0.05) is 19.9 Å². The number of carbonyl (C=O) groups is 1. The van der Waals surface area contributed by atoms with Gasteiger partial charge in [0.05, 0.1) is 0 Å². The second-order valence-electron chi connectivity index (χ2n) is 5.82. The van der Waals surface area contributed by atoms with E-state index in [1.165, 1.54) is 12.5 Å². The zero-order valence-corrected chi connectivity index (χ0v) is 12.5. The Morgan fingerprint density at radius 1 is 1.25 bits per heavy atom. The van der Waals surface area contributed by atoms with Crippen LogP contribution in [0.2, 0.25) is 0 Å². The minimum Gasteiger partial charge on any atom is -0.325 e. The minimum absolute atomic E-state index is 0.121. The molecule has 0 aromatic heterocycles. The number of nitrogens with zero attached hydrogens (tertiary/aromatic N) is 1. The number of aryl methyl sites for hydroxylation is 1. The van der Waals surface area contributed by atoms with Crippen LogP contribution in [-0.2, 0) is 0 Å². The second kappa shape index (κ2) is 6.25. The quantitative estimate of drug-likeness (QED) is 0.860. The van der Waals surface area contributed by atoms with E-state index in [1.54, 1.807) is 4.90 Å². The van der Waals surface area contributed by atoms with Crippen molar-refractivity contribution in [2.45, 2.75) is 46.0 Å². The lowest BCUT2D eigenvalue weighted by Crippen LogP contribution is -2.38. The number of likely N-dealkylation sites (tertiary alicyclic amines) is 1. The van der Waals surface area contributed by atoms with Gasteiger partial charge in [0, 0.05) is 18.8 Å². The van der Waals surface area contributed by atoms with E-state index in [2.05, 4.69) is 5.32 Å². The zero-order chi connectivity index (χ0) is 14.7. The summed E-state index contributed by atoms with van der Waals surface area (Å²) in [5.41, 5.74) is 2.17. The Morgan fingerprint density at radius 2 is 1.90 bits per heavy atom. The van der Waals surface area contributed by atoms with E-state index in [0.29, 0.717) is 11.3 Å².